The highest BCUT2D eigenvalue weighted by Gasteiger charge is 2.27. The molecule has 92 valence electrons. The van der Waals surface area contributed by atoms with Gasteiger partial charge in [-0.25, -0.2) is 4.98 Å². The zero-order valence-electron chi connectivity index (χ0n) is 9.38. The van der Waals surface area contributed by atoms with Gasteiger partial charge in [-0.2, -0.15) is 0 Å². The van der Waals surface area contributed by atoms with Gasteiger partial charge in [-0.1, -0.05) is 0 Å². The molecule has 1 fully saturated rings. The minimum absolute atomic E-state index is 0.00766. The molecule has 2 rings (SSSR count). The van der Waals surface area contributed by atoms with Crippen molar-refractivity contribution < 1.29 is 10.0 Å². The van der Waals surface area contributed by atoms with Crippen molar-refractivity contribution in [3.05, 3.63) is 22.2 Å². The molecule has 0 aromatic carbocycles. The summed E-state index contributed by atoms with van der Waals surface area (Å²) in [7, 11) is 1.66. The predicted octanol–water partition coefficient (Wildman–Crippen LogP) is 0.967. The summed E-state index contributed by atoms with van der Waals surface area (Å²) in [5, 5.41) is 25.7. The number of nitrogens with one attached hydrogen (secondary N) is 2. The van der Waals surface area contributed by atoms with Gasteiger partial charge in [0.25, 0.3) is 5.69 Å². The number of hydrogen-bond acceptors (Lipinski definition) is 6. The Labute approximate surface area is 98.0 Å². The van der Waals surface area contributed by atoms with Gasteiger partial charge < -0.3 is 15.7 Å². The standard InChI is InChI=1S/C10H14N4O3/c1-11-9-4-7(14(16)17)5-10(13-9)12-6-2-8(15)3-6/h4-6,8,15H,2-3H2,1H3,(H2,11,12,13). The van der Waals surface area contributed by atoms with Crippen LogP contribution in [0.1, 0.15) is 12.8 Å². The summed E-state index contributed by atoms with van der Waals surface area (Å²) in [6.07, 6.45) is 1.04. The number of nitrogens with zero attached hydrogens (tertiary/aromatic N) is 2. The summed E-state index contributed by atoms with van der Waals surface area (Å²) in [5.41, 5.74) is -0.00766. The van der Waals surface area contributed by atoms with Crippen molar-refractivity contribution in [1.82, 2.24) is 4.98 Å². The topological polar surface area (TPSA) is 100 Å². The highest BCUT2D eigenvalue weighted by atomic mass is 16.6. The molecular weight excluding hydrogens is 224 g/mol. The van der Waals surface area contributed by atoms with E-state index in [2.05, 4.69) is 15.6 Å². The van der Waals surface area contributed by atoms with Crippen LogP contribution in [0.3, 0.4) is 0 Å². The summed E-state index contributed by atoms with van der Waals surface area (Å²) in [6.45, 7) is 0. The van der Waals surface area contributed by atoms with Crippen LogP contribution in [0.15, 0.2) is 12.1 Å². The lowest BCUT2D eigenvalue weighted by molar-refractivity contribution is -0.384. The summed E-state index contributed by atoms with van der Waals surface area (Å²) in [4.78, 5) is 14.4. The van der Waals surface area contributed by atoms with E-state index in [9.17, 15) is 10.1 Å². The van der Waals surface area contributed by atoms with E-state index in [1.807, 2.05) is 0 Å². The minimum Gasteiger partial charge on any atom is -0.393 e. The maximum Gasteiger partial charge on any atom is 0.276 e. The minimum atomic E-state index is -0.455. The average molecular weight is 238 g/mol. The molecule has 0 radical (unpaired) electrons. The van der Waals surface area contributed by atoms with E-state index < -0.39 is 4.92 Å². The van der Waals surface area contributed by atoms with Crippen LogP contribution in [0, 0.1) is 10.1 Å². The van der Waals surface area contributed by atoms with Crippen LogP contribution in [-0.2, 0) is 0 Å². The van der Waals surface area contributed by atoms with E-state index in [1.165, 1.54) is 12.1 Å². The fourth-order valence-corrected chi connectivity index (χ4v) is 1.74. The van der Waals surface area contributed by atoms with Crippen LogP contribution in [0.5, 0.6) is 0 Å². The molecule has 0 bridgehead atoms. The van der Waals surface area contributed by atoms with Gasteiger partial charge in [-0.15, -0.1) is 0 Å². The van der Waals surface area contributed by atoms with Gasteiger partial charge in [0.15, 0.2) is 0 Å². The molecule has 7 nitrogen and oxygen atoms in total. The molecule has 0 saturated heterocycles. The van der Waals surface area contributed by atoms with Gasteiger partial charge in [0.05, 0.1) is 23.2 Å². The molecule has 0 amide bonds. The molecule has 0 spiro atoms. The van der Waals surface area contributed by atoms with Crippen molar-refractivity contribution in [2.24, 2.45) is 0 Å². The van der Waals surface area contributed by atoms with E-state index in [-0.39, 0.29) is 17.8 Å². The number of pyridine rings is 1. The third-order valence-corrected chi connectivity index (χ3v) is 2.74. The Morgan fingerprint density at radius 2 is 2.12 bits per heavy atom. The Bertz CT molecular complexity index is 432. The number of aliphatic hydroxyl groups is 1. The molecule has 1 saturated carbocycles. The first kappa shape index (κ1) is 11.6. The summed E-state index contributed by atoms with van der Waals surface area (Å²) in [5.74, 6) is 0.905. The van der Waals surface area contributed by atoms with E-state index in [1.54, 1.807) is 7.05 Å². The Hall–Kier alpha value is -1.89. The van der Waals surface area contributed by atoms with Crippen LogP contribution in [0.2, 0.25) is 0 Å². The van der Waals surface area contributed by atoms with Gasteiger partial charge in [-0.3, -0.25) is 10.1 Å². The number of aliphatic hydroxyl groups excluding tert-OH is 1. The summed E-state index contributed by atoms with van der Waals surface area (Å²) in [6, 6.07) is 2.91. The van der Waals surface area contributed by atoms with Crippen LogP contribution >= 0.6 is 0 Å². The lowest BCUT2D eigenvalue weighted by atomic mass is 9.89. The zero-order valence-corrected chi connectivity index (χ0v) is 9.38. The maximum absolute atomic E-state index is 10.7. The van der Waals surface area contributed by atoms with Crippen LogP contribution in [0.25, 0.3) is 0 Å². The Morgan fingerprint density at radius 1 is 1.47 bits per heavy atom. The average Bonchev–Trinajstić information content (AvgIpc) is 2.26. The summed E-state index contributed by atoms with van der Waals surface area (Å²) >= 11 is 0. The fourth-order valence-electron chi connectivity index (χ4n) is 1.74. The first-order valence-corrected chi connectivity index (χ1v) is 5.37. The van der Waals surface area contributed by atoms with E-state index in [0.717, 1.165) is 0 Å². The second-order valence-electron chi connectivity index (χ2n) is 4.07. The number of rotatable bonds is 4. The van der Waals surface area contributed by atoms with E-state index in [4.69, 9.17) is 5.11 Å². The van der Waals surface area contributed by atoms with Crippen molar-refractivity contribution in [3.8, 4) is 0 Å². The third-order valence-electron chi connectivity index (χ3n) is 2.74. The van der Waals surface area contributed by atoms with Gasteiger partial charge >= 0.3 is 0 Å². The Morgan fingerprint density at radius 3 is 2.65 bits per heavy atom. The number of anilines is 2. The van der Waals surface area contributed by atoms with Gasteiger partial charge in [0.1, 0.15) is 11.6 Å². The number of aromatic nitrogens is 1. The molecule has 0 atom stereocenters. The largest absolute Gasteiger partial charge is 0.393 e. The fraction of sp³-hybridized carbons (Fsp3) is 0.500. The van der Waals surface area contributed by atoms with Crippen LogP contribution < -0.4 is 10.6 Å². The highest BCUT2D eigenvalue weighted by Crippen LogP contribution is 2.26. The van der Waals surface area contributed by atoms with Crippen molar-refractivity contribution in [3.63, 3.8) is 0 Å². The molecule has 0 aliphatic heterocycles. The van der Waals surface area contributed by atoms with Gasteiger partial charge in [-0.05, 0) is 12.8 Å². The van der Waals surface area contributed by atoms with E-state index in [0.29, 0.717) is 24.5 Å². The monoisotopic (exact) mass is 238 g/mol. The molecule has 1 aromatic heterocycles. The number of nitro groups is 1. The molecule has 7 heteroatoms. The lowest BCUT2D eigenvalue weighted by Gasteiger charge is -2.32. The van der Waals surface area contributed by atoms with Crippen molar-refractivity contribution in [2.75, 3.05) is 17.7 Å². The highest BCUT2D eigenvalue weighted by molar-refractivity contribution is 5.54. The van der Waals surface area contributed by atoms with Crippen molar-refractivity contribution >= 4 is 17.3 Å². The second-order valence-corrected chi connectivity index (χ2v) is 4.07. The lowest BCUT2D eigenvalue weighted by Crippen LogP contribution is -2.39. The smallest absolute Gasteiger partial charge is 0.276 e. The van der Waals surface area contributed by atoms with Crippen LogP contribution in [-0.4, -0.2) is 34.2 Å². The molecule has 3 N–H and O–H groups in total. The summed E-state index contributed by atoms with van der Waals surface area (Å²) < 4.78 is 0. The molecular formula is C10H14N4O3. The quantitative estimate of drug-likeness (QED) is 0.533. The molecule has 17 heavy (non-hydrogen) atoms. The first-order valence-electron chi connectivity index (χ1n) is 5.37. The SMILES string of the molecule is CNc1cc([N+](=O)[O-])cc(NC2CC(O)C2)n1. The van der Waals surface area contributed by atoms with Crippen molar-refractivity contribution in [1.29, 1.82) is 0 Å². The molecule has 1 aliphatic rings. The van der Waals surface area contributed by atoms with Gasteiger partial charge in [0.2, 0.25) is 0 Å². The molecule has 1 aromatic rings. The zero-order chi connectivity index (χ0) is 12.4. The first-order chi connectivity index (χ1) is 8.08. The van der Waals surface area contributed by atoms with Gasteiger partial charge in [0, 0.05) is 13.1 Å². The number of hydrogen-bond donors (Lipinski definition) is 3. The Kier molecular flexibility index (Phi) is 3.10. The Balaban J connectivity index is 2.15. The molecule has 1 heterocycles. The maximum atomic E-state index is 10.7. The van der Waals surface area contributed by atoms with Crippen molar-refractivity contribution in [2.45, 2.75) is 25.0 Å². The molecule has 1 aliphatic carbocycles. The third kappa shape index (κ3) is 2.62. The predicted molar refractivity (Wildman–Crippen MR) is 63.1 cm³/mol. The second kappa shape index (κ2) is 4.54. The van der Waals surface area contributed by atoms with E-state index >= 15 is 0 Å². The van der Waals surface area contributed by atoms with Crippen LogP contribution in [0.4, 0.5) is 17.3 Å². The normalized spacial score (nSPS) is 22.7. The molecule has 0 unspecified atom stereocenters.